The van der Waals surface area contributed by atoms with Gasteiger partial charge in [0.05, 0.1) is 18.2 Å². The van der Waals surface area contributed by atoms with Gasteiger partial charge < -0.3 is 34.6 Å². The SMILES string of the molecule is CCOC(=O)N1CCN(C(=O)C(CCC(=O)O)NC(=O)c2cc(OCC(=O)N3CCCC3c3cccc(C)c3)c3ccccc3n2)CC1. The molecule has 2 fully saturated rings. The highest BCUT2D eigenvalue weighted by Crippen LogP contribution is 2.33. The van der Waals surface area contributed by atoms with Gasteiger partial charge in [0.25, 0.3) is 11.8 Å². The zero-order valence-electron chi connectivity index (χ0n) is 27.2. The molecule has 2 aromatic carbocycles. The maximum absolute atomic E-state index is 13.6. The van der Waals surface area contributed by atoms with E-state index in [1.807, 2.05) is 30.0 Å². The van der Waals surface area contributed by atoms with Crippen LogP contribution in [-0.4, -0.2) is 107 Å². The van der Waals surface area contributed by atoms with Gasteiger partial charge >= 0.3 is 12.1 Å². The fraction of sp³-hybridized carbons (Fsp3) is 0.429. The molecule has 3 heterocycles. The van der Waals surface area contributed by atoms with E-state index in [4.69, 9.17) is 9.47 Å². The summed E-state index contributed by atoms with van der Waals surface area (Å²) < 4.78 is 11.1. The van der Waals surface area contributed by atoms with Crippen LogP contribution in [0.3, 0.4) is 0 Å². The van der Waals surface area contributed by atoms with Crippen LogP contribution in [0.4, 0.5) is 4.79 Å². The summed E-state index contributed by atoms with van der Waals surface area (Å²) in [6.45, 7) is 5.26. The van der Waals surface area contributed by atoms with Gasteiger partial charge in [-0.15, -0.1) is 0 Å². The van der Waals surface area contributed by atoms with E-state index in [-0.39, 0.29) is 75.6 Å². The molecule has 4 amide bonds. The average Bonchev–Trinajstić information content (AvgIpc) is 3.59. The van der Waals surface area contributed by atoms with Crippen molar-refractivity contribution in [3.05, 3.63) is 71.4 Å². The third-order valence-corrected chi connectivity index (χ3v) is 8.63. The number of carbonyl (C=O) groups excluding carboxylic acids is 4. The van der Waals surface area contributed by atoms with E-state index in [1.165, 1.54) is 15.9 Å². The summed E-state index contributed by atoms with van der Waals surface area (Å²) in [6, 6.07) is 15.4. The number of carboxylic acids is 1. The van der Waals surface area contributed by atoms with Crippen LogP contribution in [0.15, 0.2) is 54.6 Å². The first-order chi connectivity index (χ1) is 23.1. The third kappa shape index (κ3) is 8.20. The largest absolute Gasteiger partial charge is 0.483 e. The predicted octanol–water partition coefficient (Wildman–Crippen LogP) is 3.55. The van der Waals surface area contributed by atoms with Crippen molar-refractivity contribution in [2.24, 2.45) is 0 Å². The van der Waals surface area contributed by atoms with Gasteiger partial charge in [-0.05, 0) is 50.8 Å². The van der Waals surface area contributed by atoms with Gasteiger partial charge in [-0.2, -0.15) is 0 Å². The number of likely N-dealkylation sites (tertiary alicyclic amines) is 1. The maximum Gasteiger partial charge on any atom is 0.409 e. The van der Waals surface area contributed by atoms with Crippen molar-refractivity contribution in [3.63, 3.8) is 0 Å². The molecule has 0 saturated carbocycles. The van der Waals surface area contributed by atoms with Crippen molar-refractivity contribution in [2.45, 2.75) is 51.6 Å². The lowest BCUT2D eigenvalue weighted by molar-refractivity contribution is -0.138. The Morgan fingerprint density at radius 2 is 1.73 bits per heavy atom. The smallest absolute Gasteiger partial charge is 0.409 e. The lowest BCUT2D eigenvalue weighted by atomic mass is 10.0. The van der Waals surface area contributed by atoms with Gasteiger partial charge in [0, 0.05) is 50.6 Å². The highest BCUT2D eigenvalue weighted by atomic mass is 16.6. The number of pyridine rings is 1. The summed E-state index contributed by atoms with van der Waals surface area (Å²) in [6.07, 6.45) is 0.799. The molecule has 1 aromatic heterocycles. The topological polar surface area (TPSA) is 159 Å². The van der Waals surface area contributed by atoms with Gasteiger partial charge in [-0.25, -0.2) is 9.78 Å². The Labute approximate surface area is 278 Å². The molecule has 5 rings (SSSR count). The highest BCUT2D eigenvalue weighted by Gasteiger charge is 2.32. The first kappa shape index (κ1) is 34.1. The molecule has 13 heteroatoms. The van der Waals surface area contributed by atoms with Crippen molar-refractivity contribution in [3.8, 4) is 5.75 Å². The van der Waals surface area contributed by atoms with Crippen molar-refractivity contribution in [1.82, 2.24) is 25.0 Å². The number of piperazine rings is 1. The molecule has 2 aliphatic heterocycles. The number of benzene rings is 2. The number of ether oxygens (including phenoxy) is 2. The van der Waals surface area contributed by atoms with Crippen LogP contribution in [0.25, 0.3) is 10.9 Å². The van der Waals surface area contributed by atoms with E-state index >= 15 is 0 Å². The van der Waals surface area contributed by atoms with E-state index in [2.05, 4.69) is 16.4 Å². The Balaban J connectivity index is 1.30. The van der Waals surface area contributed by atoms with Crippen LogP contribution in [-0.2, 0) is 19.1 Å². The molecule has 13 nitrogen and oxygen atoms in total. The summed E-state index contributed by atoms with van der Waals surface area (Å²) in [5.74, 6) is -2.14. The van der Waals surface area contributed by atoms with Crippen molar-refractivity contribution in [1.29, 1.82) is 0 Å². The van der Waals surface area contributed by atoms with E-state index in [1.54, 1.807) is 31.2 Å². The quantitative estimate of drug-likeness (QED) is 0.314. The first-order valence-corrected chi connectivity index (χ1v) is 16.3. The number of nitrogens with one attached hydrogen (secondary N) is 1. The van der Waals surface area contributed by atoms with Crippen LogP contribution >= 0.6 is 0 Å². The van der Waals surface area contributed by atoms with E-state index in [0.29, 0.717) is 17.4 Å². The normalized spacial score (nSPS) is 16.8. The molecule has 0 spiro atoms. The summed E-state index contributed by atoms with van der Waals surface area (Å²) >= 11 is 0. The van der Waals surface area contributed by atoms with Crippen LogP contribution in [0.2, 0.25) is 0 Å². The molecule has 2 saturated heterocycles. The second-order valence-electron chi connectivity index (χ2n) is 11.9. The van der Waals surface area contributed by atoms with E-state index in [9.17, 15) is 29.1 Å². The molecule has 2 N–H and O–H groups in total. The van der Waals surface area contributed by atoms with Crippen molar-refractivity contribution >= 4 is 40.7 Å². The minimum atomic E-state index is -1.14. The average molecular weight is 660 g/mol. The molecule has 2 atom stereocenters. The zero-order valence-corrected chi connectivity index (χ0v) is 27.2. The molecule has 2 aliphatic rings. The Kier molecular flexibility index (Phi) is 11.1. The van der Waals surface area contributed by atoms with Crippen LogP contribution in [0, 0.1) is 6.92 Å². The van der Waals surface area contributed by atoms with Gasteiger partial charge in [-0.3, -0.25) is 19.2 Å². The minimum absolute atomic E-state index is 0.0371. The molecular formula is C35H41N5O8. The standard InChI is InChI=1S/C35H41N5O8/c1-3-47-35(46)39-18-16-38(17-19-39)34(45)27(13-14-32(42)43)37-33(44)28-21-30(25-10-4-5-11-26(25)36-28)48-22-31(41)40-15-7-12-29(40)24-9-6-8-23(2)20-24/h4-6,8-11,20-21,27,29H,3,7,12-19,22H2,1-2H3,(H,37,44)(H,42,43). The molecule has 2 unspecified atom stereocenters. The maximum atomic E-state index is 13.6. The summed E-state index contributed by atoms with van der Waals surface area (Å²) in [5, 5.41) is 12.6. The summed E-state index contributed by atoms with van der Waals surface area (Å²) in [4.78, 5) is 73.3. The number of aromatic nitrogens is 1. The highest BCUT2D eigenvalue weighted by molar-refractivity contribution is 5.99. The van der Waals surface area contributed by atoms with Gasteiger partial charge in [0.2, 0.25) is 5.91 Å². The fourth-order valence-electron chi connectivity index (χ4n) is 6.19. The number of carboxylic acid groups (broad SMARTS) is 1. The number of carbonyl (C=O) groups is 5. The number of amides is 4. The number of fused-ring (bicyclic) bond motifs is 1. The monoisotopic (exact) mass is 659 g/mol. The molecule has 0 aliphatic carbocycles. The Morgan fingerprint density at radius 3 is 2.46 bits per heavy atom. The van der Waals surface area contributed by atoms with Gasteiger partial charge in [0.15, 0.2) is 6.61 Å². The van der Waals surface area contributed by atoms with Crippen molar-refractivity contribution in [2.75, 3.05) is 45.9 Å². The number of hydrogen-bond donors (Lipinski definition) is 2. The molecular weight excluding hydrogens is 618 g/mol. The molecule has 254 valence electrons. The molecule has 48 heavy (non-hydrogen) atoms. The Bertz CT molecular complexity index is 1670. The Morgan fingerprint density at radius 1 is 0.979 bits per heavy atom. The lowest BCUT2D eigenvalue weighted by Crippen LogP contribution is -2.56. The number of hydrogen-bond acceptors (Lipinski definition) is 8. The molecule has 0 bridgehead atoms. The van der Waals surface area contributed by atoms with Crippen LogP contribution < -0.4 is 10.1 Å². The Hall–Kier alpha value is -5.20. The van der Waals surface area contributed by atoms with Crippen molar-refractivity contribution < 1.29 is 38.6 Å². The second-order valence-corrected chi connectivity index (χ2v) is 11.9. The molecule has 0 radical (unpaired) electrons. The number of rotatable bonds is 11. The third-order valence-electron chi connectivity index (χ3n) is 8.63. The number of aliphatic carboxylic acids is 1. The molecule has 3 aromatic rings. The zero-order chi connectivity index (χ0) is 34.2. The summed E-state index contributed by atoms with van der Waals surface area (Å²) in [7, 11) is 0. The first-order valence-electron chi connectivity index (χ1n) is 16.3. The van der Waals surface area contributed by atoms with E-state index < -0.39 is 29.9 Å². The number of aryl methyl sites for hydroxylation is 1. The van der Waals surface area contributed by atoms with Gasteiger partial charge in [0.1, 0.15) is 17.5 Å². The van der Waals surface area contributed by atoms with Crippen LogP contribution in [0.1, 0.15) is 60.3 Å². The minimum Gasteiger partial charge on any atom is -0.483 e. The number of para-hydroxylation sites is 1. The fourth-order valence-corrected chi connectivity index (χ4v) is 6.19. The van der Waals surface area contributed by atoms with Gasteiger partial charge in [-0.1, -0.05) is 42.0 Å². The van der Waals surface area contributed by atoms with E-state index in [0.717, 1.165) is 24.0 Å². The predicted molar refractivity (Wildman–Crippen MR) is 175 cm³/mol. The summed E-state index contributed by atoms with van der Waals surface area (Å²) in [5.41, 5.74) is 2.62. The van der Waals surface area contributed by atoms with Crippen LogP contribution in [0.5, 0.6) is 5.75 Å². The number of nitrogens with zero attached hydrogens (tertiary/aromatic N) is 4. The second kappa shape index (κ2) is 15.6. The lowest BCUT2D eigenvalue weighted by Gasteiger charge is -2.35.